The average Bonchev–Trinajstić information content (AvgIpc) is 2.65. The molecule has 0 saturated carbocycles. The van der Waals surface area contributed by atoms with E-state index in [1.54, 1.807) is 7.05 Å². The van der Waals surface area contributed by atoms with Crippen molar-refractivity contribution in [3.63, 3.8) is 0 Å². The second-order valence-corrected chi connectivity index (χ2v) is 5.98. The fourth-order valence-electron chi connectivity index (χ4n) is 2.60. The summed E-state index contributed by atoms with van der Waals surface area (Å²) in [6.45, 7) is 2.70. The molecular weight excluding hydrogens is 455 g/mol. The molecule has 0 heterocycles. The first-order chi connectivity index (χ1) is 12.6. The molecule has 2 rings (SSSR count). The quantitative estimate of drug-likeness (QED) is 0.278. The predicted octanol–water partition coefficient (Wildman–Crippen LogP) is 2.70. The molecule has 1 atom stereocenters. The van der Waals surface area contributed by atoms with Crippen LogP contribution in [0.4, 0.5) is 5.69 Å². The Kier molecular flexibility index (Phi) is 10.4. The summed E-state index contributed by atoms with van der Waals surface area (Å²) in [5, 5.41) is 18.9. The molecule has 0 fully saturated rings. The zero-order valence-electron chi connectivity index (χ0n) is 15.6. The van der Waals surface area contributed by atoms with Gasteiger partial charge in [-0.15, -0.1) is 24.0 Å². The van der Waals surface area contributed by atoms with E-state index in [2.05, 4.69) is 20.9 Å². The van der Waals surface area contributed by atoms with Crippen LogP contribution >= 0.6 is 24.0 Å². The number of carbonyl (C=O) groups is 1. The zero-order chi connectivity index (χ0) is 18.8. The van der Waals surface area contributed by atoms with Gasteiger partial charge in [-0.3, -0.25) is 9.79 Å². The van der Waals surface area contributed by atoms with Gasteiger partial charge in [0, 0.05) is 38.7 Å². The molecule has 0 aliphatic carbocycles. The maximum absolute atomic E-state index is 11.2. The number of guanidine groups is 1. The van der Waals surface area contributed by atoms with Crippen LogP contribution in [0.2, 0.25) is 0 Å². The van der Waals surface area contributed by atoms with Gasteiger partial charge >= 0.3 is 0 Å². The third kappa shape index (κ3) is 7.96. The molecule has 0 aliphatic heterocycles. The monoisotopic (exact) mass is 482 g/mol. The Labute approximate surface area is 177 Å². The first-order valence-corrected chi connectivity index (χ1v) is 8.59. The number of anilines is 1. The topological polar surface area (TPSA) is 85.8 Å². The van der Waals surface area contributed by atoms with Gasteiger partial charge in [0.05, 0.1) is 6.61 Å². The number of carbonyl (C=O) groups excluding carboxylic acids is 1. The number of hydrogen-bond acceptors (Lipinski definition) is 3. The largest absolute Gasteiger partial charge is 0.396 e. The maximum Gasteiger partial charge on any atom is 0.221 e. The summed E-state index contributed by atoms with van der Waals surface area (Å²) in [5.41, 5.74) is 2.88. The number of aliphatic imine (C=N–C) groups is 1. The summed E-state index contributed by atoms with van der Waals surface area (Å²) >= 11 is 0. The fourth-order valence-corrected chi connectivity index (χ4v) is 2.60. The normalized spacial score (nSPS) is 11.9. The van der Waals surface area contributed by atoms with Gasteiger partial charge in [0.1, 0.15) is 0 Å². The number of aliphatic hydroxyl groups excluding tert-OH is 1. The zero-order valence-corrected chi connectivity index (χ0v) is 17.9. The summed E-state index contributed by atoms with van der Waals surface area (Å²) in [6.07, 6.45) is 0. The number of halogens is 1. The van der Waals surface area contributed by atoms with E-state index >= 15 is 0 Å². The molecule has 0 aliphatic rings. The third-order valence-corrected chi connectivity index (χ3v) is 3.94. The number of amides is 1. The van der Waals surface area contributed by atoms with Gasteiger partial charge in [0.15, 0.2) is 5.96 Å². The van der Waals surface area contributed by atoms with Gasteiger partial charge in [0.2, 0.25) is 5.91 Å². The molecular formula is C20H27IN4O2. The summed E-state index contributed by atoms with van der Waals surface area (Å²) in [7, 11) is 1.71. The van der Waals surface area contributed by atoms with Gasteiger partial charge in [-0.2, -0.15) is 0 Å². The first-order valence-electron chi connectivity index (χ1n) is 8.59. The molecule has 6 nitrogen and oxygen atoms in total. The summed E-state index contributed by atoms with van der Waals surface area (Å²) in [4.78, 5) is 15.4. The molecule has 7 heteroatoms. The molecule has 27 heavy (non-hydrogen) atoms. The van der Waals surface area contributed by atoms with Crippen molar-refractivity contribution in [2.45, 2.75) is 19.4 Å². The minimum absolute atomic E-state index is 0. The Morgan fingerprint density at radius 3 is 2.48 bits per heavy atom. The van der Waals surface area contributed by atoms with Crippen molar-refractivity contribution in [3.05, 3.63) is 65.7 Å². The lowest BCUT2D eigenvalue weighted by Gasteiger charge is -2.18. The smallest absolute Gasteiger partial charge is 0.221 e. The van der Waals surface area contributed by atoms with E-state index in [4.69, 9.17) is 0 Å². The van der Waals surface area contributed by atoms with Crippen molar-refractivity contribution in [1.29, 1.82) is 0 Å². The first kappa shape index (κ1) is 22.9. The minimum atomic E-state index is -0.0939. The van der Waals surface area contributed by atoms with Crippen LogP contribution in [0.1, 0.15) is 24.0 Å². The van der Waals surface area contributed by atoms with E-state index in [-0.39, 0.29) is 42.4 Å². The molecule has 146 valence electrons. The second-order valence-electron chi connectivity index (χ2n) is 5.98. The van der Waals surface area contributed by atoms with E-state index in [9.17, 15) is 9.90 Å². The van der Waals surface area contributed by atoms with Crippen LogP contribution in [0.15, 0.2) is 59.6 Å². The Balaban J connectivity index is 0.00000364. The Hall–Kier alpha value is -2.13. The van der Waals surface area contributed by atoms with Gasteiger partial charge in [-0.05, 0) is 23.3 Å². The van der Waals surface area contributed by atoms with Crippen LogP contribution in [0, 0.1) is 0 Å². The SMILES string of the molecule is CN=C(NCc1cccc(NC(C)=O)c1)NCC(CO)c1ccccc1.I. The highest BCUT2D eigenvalue weighted by Gasteiger charge is 2.10. The Morgan fingerprint density at radius 1 is 1.11 bits per heavy atom. The number of aliphatic hydroxyl groups is 1. The molecule has 4 N–H and O–H groups in total. The molecule has 0 aromatic heterocycles. The van der Waals surface area contributed by atoms with Crippen molar-refractivity contribution in [2.24, 2.45) is 4.99 Å². The second kappa shape index (κ2) is 12.3. The van der Waals surface area contributed by atoms with Crippen LogP contribution in [0.25, 0.3) is 0 Å². The lowest BCUT2D eigenvalue weighted by Crippen LogP contribution is -2.39. The molecule has 0 radical (unpaired) electrons. The van der Waals surface area contributed by atoms with Crippen LogP contribution in [-0.2, 0) is 11.3 Å². The Morgan fingerprint density at radius 2 is 1.85 bits per heavy atom. The lowest BCUT2D eigenvalue weighted by molar-refractivity contribution is -0.114. The maximum atomic E-state index is 11.2. The highest BCUT2D eigenvalue weighted by Crippen LogP contribution is 2.13. The standard InChI is InChI=1S/C20H26N4O2.HI/c1-15(26)24-19-10-6-7-16(11-19)12-22-20(21-2)23-13-18(14-25)17-8-4-3-5-9-17;/h3-11,18,25H,12-14H2,1-2H3,(H,24,26)(H2,21,22,23);1H. The fraction of sp³-hybridized carbons (Fsp3) is 0.300. The van der Waals surface area contributed by atoms with Crippen molar-refractivity contribution >= 4 is 41.5 Å². The van der Waals surface area contributed by atoms with E-state index in [1.807, 2.05) is 54.6 Å². The molecule has 0 bridgehead atoms. The van der Waals surface area contributed by atoms with Crippen LogP contribution in [0.5, 0.6) is 0 Å². The van der Waals surface area contributed by atoms with Crippen LogP contribution in [-0.4, -0.2) is 37.2 Å². The van der Waals surface area contributed by atoms with Crippen LogP contribution in [0.3, 0.4) is 0 Å². The summed E-state index contributed by atoms with van der Waals surface area (Å²) < 4.78 is 0. The third-order valence-electron chi connectivity index (χ3n) is 3.94. The van der Waals surface area contributed by atoms with Crippen molar-refractivity contribution < 1.29 is 9.90 Å². The lowest BCUT2D eigenvalue weighted by atomic mass is 10.0. The summed E-state index contributed by atoms with van der Waals surface area (Å²) in [6, 6.07) is 17.5. The van der Waals surface area contributed by atoms with Crippen molar-refractivity contribution in [2.75, 3.05) is 25.5 Å². The van der Waals surface area contributed by atoms with Gasteiger partial charge in [-0.25, -0.2) is 0 Å². The van der Waals surface area contributed by atoms with Crippen molar-refractivity contribution in [1.82, 2.24) is 10.6 Å². The number of hydrogen-bond donors (Lipinski definition) is 4. The molecule has 0 saturated heterocycles. The summed E-state index contributed by atoms with van der Waals surface area (Å²) in [5.74, 6) is 0.561. The van der Waals surface area contributed by atoms with E-state index < -0.39 is 0 Å². The van der Waals surface area contributed by atoms with Crippen LogP contribution < -0.4 is 16.0 Å². The average molecular weight is 482 g/mol. The van der Waals surface area contributed by atoms with Gasteiger partial charge in [-0.1, -0.05) is 42.5 Å². The predicted molar refractivity (Wildman–Crippen MR) is 121 cm³/mol. The molecule has 2 aromatic rings. The number of benzene rings is 2. The molecule has 1 amide bonds. The van der Waals surface area contributed by atoms with E-state index in [1.165, 1.54) is 6.92 Å². The number of rotatable bonds is 7. The molecule has 1 unspecified atom stereocenters. The molecule has 0 spiro atoms. The van der Waals surface area contributed by atoms with Crippen molar-refractivity contribution in [3.8, 4) is 0 Å². The number of nitrogens with one attached hydrogen (secondary N) is 3. The highest BCUT2D eigenvalue weighted by atomic mass is 127. The van der Waals surface area contributed by atoms with Gasteiger partial charge < -0.3 is 21.1 Å². The Bertz CT molecular complexity index is 738. The van der Waals surface area contributed by atoms with E-state index in [0.29, 0.717) is 19.0 Å². The molecule has 2 aromatic carbocycles. The minimum Gasteiger partial charge on any atom is -0.396 e. The van der Waals surface area contributed by atoms with E-state index in [0.717, 1.165) is 16.8 Å². The number of nitrogens with zero attached hydrogens (tertiary/aromatic N) is 1. The highest BCUT2D eigenvalue weighted by molar-refractivity contribution is 14.0. The van der Waals surface area contributed by atoms with Gasteiger partial charge in [0.25, 0.3) is 0 Å².